The number of nitrogens with zero attached hydrogens (tertiary/aromatic N) is 3. The number of nitrogens with one attached hydrogen (secondary N) is 1. The van der Waals surface area contributed by atoms with Crippen molar-refractivity contribution in [3.8, 4) is 0 Å². The fraction of sp³-hybridized carbons (Fsp3) is 0.222. The number of carbonyl (C=O) groups is 1. The highest BCUT2D eigenvalue weighted by Crippen LogP contribution is 2.06. The molecule has 2 heterocycles. The zero-order valence-electron chi connectivity index (χ0n) is 8.48. The Morgan fingerprint density at radius 1 is 1.62 bits per heavy atom. The van der Waals surface area contributed by atoms with Crippen LogP contribution in [0.4, 0.5) is 10.3 Å². The minimum absolute atomic E-state index is 0.0319. The number of aromatic nitrogens is 3. The van der Waals surface area contributed by atoms with Gasteiger partial charge in [-0.15, -0.1) is 5.10 Å². The Bertz CT molecular complexity index is 525. The number of fused-ring (bicyclic) bond motifs is 1. The summed E-state index contributed by atoms with van der Waals surface area (Å²) in [4.78, 5) is 14.9. The standard InChI is InChI=1S/C9H9FN4O2/c1-16-8(15)4-11-9-12-7-3-2-6(10)5-14(7)13-9/h2-3,5H,4H2,1H3,(H,11,13). The zero-order chi connectivity index (χ0) is 11.5. The van der Waals surface area contributed by atoms with Crippen LogP contribution in [0.1, 0.15) is 0 Å². The number of hydrogen-bond acceptors (Lipinski definition) is 5. The van der Waals surface area contributed by atoms with Crippen LogP contribution in [-0.4, -0.2) is 34.2 Å². The van der Waals surface area contributed by atoms with Crippen molar-refractivity contribution in [1.82, 2.24) is 14.6 Å². The highest BCUT2D eigenvalue weighted by Gasteiger charge is 2.05. The maximum Gasteiger partial charge on any atom is 0.325 e. The van der Waals surface area contributed by atoms with Gasteiger partial charge < -0.3 is 10.1 Å². The summed E-state index contributed by atoms with van der Waals surface area (Å²) in [5, 5.41) is 6.59. The number of esters is 1. The first-order valence-electron chi connectivity index (χ1n) is 4.51. The first-order chi connectivity index (χ1) is 7.69. The third-order valence-electron chi connectivity index (χ3n) is 1.91. The maximum absolute atomic E-state index is 12.8. The number of carbonyl (C=O) groups excluding carboxylic acids is 1. The summed E-state index contributed by atoms with van der Waals surface area (Å²) < 4.78 is 18.6. The molecule has 0 radical (unpaired) electrons. The quantitative estimate of drug-likeness (QED) is 0.767. The number of methoxy groups -OCH3 is 1. The van der Waals surface area contributed by atoms with E-state index in [1.807, 2.05) is 0 Å². The van der Waals surface area contributed by atoms with Crippen molar-refractivity contribution in [2.45, 2.75) is 0 Å². The Hall–Kier alpha value is -2.18. The number of halogens is 1. The van der Waals surface area contributed by atoms with Crippen LogP contribution >= 0.6 is 0 Å². The van der Waals surface area contributed by atoms with E-state index < -0.39 is 11.8 Å². The SMILES string of the molecule is COC(=O)CNc1nc2ccc(F)cn2n1. The van der Waals surface area contributed by atoms with Crippen LogP contribution < -0.4 is 5.32 Å². The van der Waals surface area contributed by atoms with Gasteiger partial charge in [0, 0.05) is 0 Å². The van der Waals surface area contributed by atoms with E-state index >= 15 is 0 Å². The van der Waals surface area contributed by atoms with Gasteiger partial charge in [0.25, 0.3) is 0 Å². The molecule has 0 aliphatic heterocycles. The number of pyridine rings is 1. The summed E-state index contributed by atoms with van der Waals surface area (Å²) in [7, 11) is 1.29. The predicted molar refractivity (Wildman–Crippen MR) is 53.5 cm³/mol. The fourth-order valence-corrected chi connectivity index (χ4v) is 1.16. The van der Waals surface area contributed by atoms with Gasteiger partial charge in [0.05, 0.1) is 13.3 Å². The lowest BCUT2D eigenvalue weighted by Crippen LogP contribution is -2.15. The van der Waals surface area contributed by atoms with Crippen LogP contribution in [0.3, 0.4) is 0 Å². The summed E-state index contributed by atoms with van der Waals surface area (Å²) in [5.74, 6) is -0.585. The smallest absolute Gasteiger partial charge is 0.325 e. The molecular weight excluding hydrogens is 215 g/mol. The molecule has 2 aromatic rings. The van der Waals surface area contributed by atoms with Gasteiger partial charge in [0.1, 0.15) is 12.4 Å². The fourth-order valence-electron chi connectivity index (χ4n) is 1.16. The van der Waals surface area contributed by atoms with Crippen molar-refractivity contribution in [3.63, 3.8) is 0 Å². The molecule has 0 saturated heterocycles. The Labute approximate surface area is 90.0 Å². The van der Waals surface area contributed by atoms with Gasteiger partial charge in [0.15, 0.2) is 5.65 Å². The third kappa shape index (κ3) is 2.08. The maximum atomic E-state index is 12.8. The molecule has 0 aliphatic rings. The van der Waals surface area contributed by atoms with Crippen LogP contribution in [0.25, 0.3) is 5.65 Å². The van der Waals surface area contributed by atoms with E-state index in [1.165, 1.54) is 30.0 Å². The molecule has 0 aliphatic carbocycles. The van der Waals surface area contributed by atoms with Crippen molar-refractivity contribution in [2.75, 3.05) is 19.0 Å². The zero-order valence-corrected chi connectivity index (χ0v) is 8.48. The van der Waals surface area contributed by atoms with Gasteiger partial charge >= 0.3 is 5.97 Å². The molecule has 0 bridgehead atoms. The molecule has 0 saturated carbocycles. The first-order valence-corrected chi connectivity index (χ1v) is 4.51. The van der Waals surface area contributed by atoms with Gasteiger partial charge in [-0.1, -0.05) is 0 Å². The van der Waals surface area contributed by atoms with Crippen molar-refractivity contribution in [3.05, 3.63) is 24.1 Å². The predicted octanol–water partition coefficient (Wildman–Crippen LogP) is 0.453. The average Bonchev–Trinajstić information content (AvgIpc) is 2.67. The molecule has 0 aromatic carbocycles. The molecule has 2 aromatic heterocycles. The Morgan fingerprint density at radius 2 is 2.44 bits per heavy atom. The largest absolute Gasteiger partial charge is 0.468 e. The van der Waals surface area contributed by atoms with Gasteiger partial charge in [-0.3, -0.25) is 4.79 Å². The van der Waals surface area contributed by atoms with Crippen LogP contribution in [0.15, 0.2) is 18.3 Å². The molecule has 0 amide bonds. The Balaban J connectivity index is 2.16. The number of hydrogen-bond donors (Lipinski definition) is 1. The molecule has 7 heteroatoms. The van der Waals surface area contributed by atoms with E-state index in [0.717, 1.165) is 0 Å². The van der Waals surface area contributed by atoms with Crippen molar-refractivity contribution in [1.29, 1.82) is 0 Å². The third-order valence-corrected chi connectivity index (χ3v) is 1.91. The van der Waals surface area contributed by atoms with E-state index in [4.69, 9.17) is 0 Å². The number of anilines is 1. The van der Waals surface area contributed by atoms with Crippen molar-refractivity contribution in [2.24, 2.45) is 0 Å². The summed E-state index contributed by atoms with van der Waals surface area (Å²) >= 11 is 0. The number of rotatable bonds is 3. The van der Waals surface area contributed by atoms with Crippen LogP contribution in [0.2, 0.25) is 0 Å². The second kappa shape index (κ2) is 4.13. The minimum atomic E-state index is -0.426. The monoisotopic (exact) mass is 224 g/mol. The van der Waals surface area contributed by atoms with Gasteiger partial charge in [-0.25, -0.2) is 8.91 Å². The normalized spacial score (nSPS) is 10.4. The second-order valence-corrected chi connectivity index (χ2v) is 3.02. The molecule has 0 fully saturated rings. The van der Waals surface area contributed by atoms with E-state index in [2.05, 4.69) is 20.1 Å². The summed E-state index contributed by atoms with van der Waals surface area (Å²) in [6.07, 6.45) is 1.20. The first kappa shape index (κ1) is 10.3. The van der Waals surface area contributed by atoms with E-state index in [9.17, 15) is 9.18 Å². The highest BCUT2D eigenvalue weighted by atomic mass is 19.1. The summed E-state index contributed by atoms with van der Waals surface area (Å²) in [6.45, 7) is -0.0319. The Morgan fingerprint density at radius 3 is 3.19 bits per heavy atom. The minimum Gasteiger partial charge on any atom is -0.468 e. The lowest BCUT2D eigenvalue weighted by molar-refractivity contribution is -0.138. The van der Waals surface area contributed by atoms with E-state index in [1.54, 1.807) is 0 Å². The topological polar surface area (TPSA) is 68.5 Å². The molecule has 2 rings (SSSR count). The lowest BCUT2D eigenvalue weighted by atomic mass is 10.5. The van der Waals surface area contributed by atoms with Crippen molar-refractivity contribution >= 4 is 17.6 Å². The number of ether oxygens (including phenoxy) is 1. The molecular formula is C9H9FN4O2. The van der Waals surface area contributed by atoms with Gasteiger partial charge in [-0.05, 0) is 12.1 Å². The molecule has 1 N–H and O–H groups in total. The van der Waals surface area contributed by atoms with Crippen molar-refractivity contribution < 1.29 is 13.9 Å². The highest BCUT2D eigenvalue weighted by molar-refractivity contribution is 5.74. The van der Waals surface area contributed by atoms with E-state index in [-0.39, 0.29) is 12.5 Å². The second-order valence-electron chi connectivity index (χ2n) is 3.02. The lowest BCUT2D eigenvalue weighted by Gasteiger charge is -1.98. The average molecular weight is 224 g/mol. The summed E-state index contributed by atoms with van der Waals surface area (Å²) in [6, 6.07) is 2.78. The van der Waals surface area contributed by atoms with E-state index in [0.29, 0.717) is 5.65 Å². The van der Waals surface area contributed by atoms with Crippen LogP contribution in [0, 0.1) is 5.82 Å². The molecule has 0 atom stereocenters. The van der Waals surface area contributed by atoms with Crippen LogP contribution in [0.5, 0.6) is 0 Å². The van der Waals surface area contributed by atoms with Gasteiger partial charge in [0.2, 0.25) is 5.95 Å². The summed E-state index contributed by atoms with van der Waals surface area (Å²) in [5.41, 5.74) is 0.494. The molecule has 0 spiro atoms. The Kier molecular flexibility index (Phi) is 2.67. The molecule has 84 valence electrons. The van der Waals surface area contributed by atoms with Crippen LogP contribution in [-0.2, 0) is 9.53 Å². The molecule has 6 nitrogen and oxygen atoms in total. The molecule has 0 unspecified atom stereocenters. The molecule has 16 heavy (non-hydrogen) atoms. The van der Waals surface area contributed by atoms with Gasteiger partial charge in [-0.2, -0.15) is 4.98 Å².